The predicted molar refractivity (Wildman–Crippen MR) is 85.3 cm³/mol. The lowest BCUT2D eigenvalue weighted by atomic mass is 9.91. The molecule has 1 fully saturated rings. The van der Waals surface area contributed by atoms with Gasteiger partial charge in [0.25, 0.3) is 0 Å². The first kappa shape index (κ1) is 16.3. The van der Waals surface area contributed by atoms with E-state index < -0.39 is 0 Å². The van der Waals surface area contributed by atoms with Gasteiger partial charge in [0.15, 0.2) is 0 Å². The van der Waals surface area contributed by atoms with Crippen LogP contribution >= 0.6 is 0 Å². The number of ether oxygens (including phenoxy) is 1. The Morgan fingerprint density at radius 2 is 2.05 bits per heavy atom. The molecule has 0 heterocycles. The Hall–Kier alpha value is -1.10. The van der Waals surface area contributed by atoms with Crippen LogP contribution in [0.1, 0.15) is 37.7 Å². The van der Waals surface area contributed by atoms with Crippen molar-refractivity contribution in [2.75, 3.05) is 20.2 Å². The molecule has 1 aromatic rings. The highest BCUT2D eigenvalue weighted by Gasteiger charge is 2.25. The van der Waals surface area contributed by atoms with Crippen LogP contribution in [0.5, 0.6) is 5.75 Å². The molecule has 2 unspecified atom stereocenters. The average molecular weight is 292 g/mol. The molecule has 4 heteroatoms. The second-order valence-electron chi connectivity index (χ2n) is 5.91. The van der Waals surface area contributed by atoms with Crippen LogP contribution in [-0.2, 0) is 6.54 Å². The molecule has 0 bridgehead atoms. The maximum Gasteiger partial charge on any atom is 0.123 e. The second kappa shape index (κ2) is 8.37. The molecule has 3 N–H and O–H groups in total. The summed E-state index contributed by atoms with van der Waals surface area (Å²) in [6.07, 6.45) is 5.22. The summed E-state index contributed by atoms with van der Waals surface area (Å²) in [5.41, 5.74) is 6.75. The first-order valence-electron chi connectivity index (χ1n) is 8.01. The van der Waals surface area contributed by atoms with Gasteiger partial charge in [-0.2, -0.15) is 0 Å². The van der Waals surface area contributed by atoms with Gasteiger partial charge in [-0.25, -0.2) is 0 Å². The van der Waals surface area contributed by atoms with Gasteiger partial charge in [0.05, 0.1) is 12.7 Å². The number of para-hydroxylation sites is 1. The maximum atomic E-state index is 10.1. The molecule has 0 spiro atoms. The zero-order chi connectivity index (χ0) is 15.1. The minimum atomic E-state index is -0.164. The topological polar surface area (TPSA) is 58.7 Å². The van der Waals surface area contributed by atoms with E-state index in [0.29, 0.717) is 19.2 Å². The van der Waals surface area contributed by atoms with Crippen molar-refractivity contribution in [3.63, 3.8) is 0 Å². The van der Waals surface area contributed by atoms with Gasteiger partial charge in [-0.05, 0) is 32.4 Å². The third kappa shape index (κ3) is 4.70. The zero-order valence-electron chi connectivity index (χ0n) is 13.0. The van der Waals surface area contributed by atoms with Crippen LogP contribution in [0.4, 0.5) is 0 Å². The van der Waals surface area contributed by atoms with E-state index in [1.807, 2.05) is 24.3 Å². The quantitative estimate of drug-likeness (QED) is 0.756. The summed E-state index contributed by atoms with van der Waals surface area (Å²) in [5.74, 6) is 0.889. The number of hydrogen-bond acceptors (Lipinski definition) is 4. The fraction of sp³-hybridized carbons (Fsp3) is 0.647. The van der Waals surface area contributed by atoms with Gasteiger partial charge >= 0.3 is 0 Å². The highest BCUT2D eigenvalue weighted by atomic mass is 16.5. The van der Waals surface area contributed by atoms with Gasteiger partial charge in [-0.3, -0.25) is 0 Å². The number of benzene rings is 1. The Morgan fingerprint density at radius 1 is 1.29 bits per heavy atom. The van der Waals surface area contributed by atoms with Crippen molar-refractivity contribution in [1.82, 2.24) is 4.90 Å². The van der Waals surface area contributed by atoms with Gasteiger partial charge in [0.2, 0.25) is 0 Å². The van der Waals surface area contributed by atoms with Crippen LogP contribution in [0.3, 0.4) is 0 Å². The Balaban J connectivity index is 1.71. The zero-order valence-corrected chi connectivity index (χ0v) is 13.0. The van der Waals surface area contributed by atoms with Crippen molar-refractivity contribution in [2.24, 2.45) is 5.73 Å². The Labute approximate surface area is 127 Å². The number of rotatable bonds is 7. The van der Waals surface area contributed by atoms with Gasteiger partial charge in [0.1, 0.15) is 5.75 Å². The SMILES string of the molecule is CN(CCCOc1ccccc1CN)C1CCCCC1O. The van der Waals surface area contributed by atoms with E-state index in [9.17, 15) is 5.11 Å². The van der Waals surface area contributed by atoms with Crippen molar-refractivity contribution in [3.05, 3.63) is 29.8 Å². The van der Waals surface area contributed by atoms with Gasteiger partial charge in [-0.1, -0.05) is 31.0 Å². The molecule has 0 saturated heterocycles. The minimum absolute atomic E-state index is 0.164. The first-order chi connectivity index (χ1) is 10.2. The maximum absolute atomic E-state index is 10.1. The number of likely N-dealkylation sites (N-methyl/N-ethyl adjacent to an activating group) is 1. The fourth-order valence-corrected chi connectivity index (χ4v) is 3.08. The normalized spacial score (nSPS) is 22.5. The molecule has 1 aliphatic carbocycles. The van der Waals surface area contributed by atoms with Gasteiger partial charge < -0.3 is 20.5 Å². The monoisotopic (exact) mass is 292 g/mol. The fourth-order valence-electron chi connectivity index (χ4n) is 3.08. The van der Waals surface area contributed by atoms with Crippen molar-refractivity contribution >= 4 is 0 Å². The van der Waals surface area contributed by atoms with E-state index >= 15 is 0 Å². The molecule has 1 aliphatic rings. The summed E-state index contributed by atoms with van der Waals surface area (Å²) in [4.78, 5) is 2.28. The smallest absolute Gasteiger partial charge is 0.123 e. The summed E-state index contributed by atoms with van der Waals surface area (Å²) < 4.78 is 5.82. The summed E-state index contributed by atoms with van der Waals surface area (Å²) in [7, 11) is 2.10. The summed E-state index contributed by atoms with van der Waals surface area (Å²) in [6, 6.07) is 8.23. The van der Waals surface area contributed by atoms with Crippen LogP contribution in [0.2, 0.25) is 0 Å². The summed E-state index contributed by atoms with van der Waals surface area (Å²) in [6.45, 7) is 2.14. The van der Waals surface area contributed by atoms with E-state index in [0.717, 1.165) is 43.5 Å². The van der Waals surface area contributed by atoms with E-state index in [1.165, 1.54) is 6.42 Å². The number of aliphatic hydroxyl groups excluding tert-OH is 1. The van der Waals surface area contributed by atoms with Crippen LogP contribution < -0.4 is 10.5 Å². The van der Waals surface area contributed by atoms with Crippen molar-refractivity contribution in [3.8, 4) is 5.75 Å². The summed E-state index contributed by atoms with van der Waals surface area (Å²) >= 11 is 0. The first-order valence-corrected chi connectivity index (χ1v) is 8.01. The molecule has 2 rings (SSSR count). The molecule has 0 aliphatic heterocycles. The van der Waals surface area contributed by atoms with Gasteiger partial charge in [-0.15, -0.1) is 0 Å². The number of hydrogen-bond donors (Lipinski definition) is 2. The molecule has 4 nitrogen and oxygen atoms in total. The van der Waals surface area contributed by atoms with E-state index in [-0.39, 0.29) is 6.10 Å². The van der Waals surface area contributed by atoms with Crippen molar-refractivity contribution in [2.45, 2.75) is 50.8 Å². The molecule has 1 saturated carbocycles. The Morgan fingerprint density at radius 3 is 2.81 bits per heavy atom. The van der Waals surface area contributed by atoms with Gasteiger partial charge in [0, 0.05) is 24.7 Å². The van der Waals surface area contributed by atoms with Crippen LogP contribution in [-0.4, -0.2) is 42.4 Å². The van der Waals surface area contributed by atoms with Crippen LogP contribution in [0, 0.1) is 0 Å². The second-order valence-corrected chi connectivity index (χ2v) is 5.91. The molecular formula is C17H28N2O2. The molecule has 118 valence electrons. The van der Waals surface area contributed by atoms with E-state index in [1.54, 1.807) is 0 Å². The predicted octanol–water partition coefficient (Wildman–Crippen LogP) is 2.15. The summed E-state index contributed by atoms with van der Waals surface area (Å²) in [5, 5.41) is 10.1. The Kier molecular flexibility index (Phi) is 6.49. The Bertz CT molecular complexity index is 425. The van der Waals surface area contributed by atoms with Crippen LogP contribution in [0.25, 0.3) is 0 Å². The van der Waals surface area contributed by atoms with E-state index in [2.05, 4.69) is 11.9 Å². The molecular weight excluding hydrogens is 264 g/mol. The number of nitrogens with zero attached hydrogens (tertiary/aromatic N) is 1. The average Bonchev–Trinajstić information content (AvgIpc) is 2.52. The lowest BCUT2D eigenvalue weighted by Crippen LogP contribution is -2.43. The standard InChI is InChI=1S/C17H28N2O2/c1-19(15-8-3-4-9-16(15)20)11-6-12-21-17-10-5-2-7-14(17)13-18/h2,5,7,10,15-16,20H,3-4,6,8-9,11-13,18H2,1H3. The molecule has 0 radical (unpaired) electrons. The molecule has 1 aromatic carbocycles. The third-order valence-electron chi connectivity index (χ3n) is 4.37. The molecule has 0 amide bonds. The molecule has 2 atom stereocenters. The van der Waals surface area contributed by atoms with E-state index in [4.69, 9.17) is 10.5 Å². The molecule has 21 heavy (non-hydrogen) atoms. The lowest BCUT2D eigenvalue weighted by molar-refractivity contribution is 0.0303. The van der Waals surface area contributed by atoms with Crippen molar-refractivity contribution < 1.29 is 9.84 Å². The van der Waals surface area contributed by atoms with Crippen molar-refractivity contribution in [1.29, 1.82) is 0 Å². The highest BCUT2D eigenvalue weighted by Crippen LogP contribution is 2.22. The number of aliphatic hydroxyl groups is 1. The minimum Gasteiger partial charge on any atom is -0.493 e. The van der Waals surface area contributed by atoms with Crippen LogP contribution in [0.15, 0.2) is 24.3 Å². The third-order valence-corrected chi connectivity index (χ3v) is 4.37. The molecule has 0 aromatic heterocycles. The largest absolute Gasteiger partial charge is 0.493 e. The lowest BCUT2D eigenvalue weighted by Gasteiger charge is -2.35. The number of nitrogens with two attached hydrogens (primary N) is 1. The highest BCUT2D eigenvalue weighted by molar-refractivity contribution is 5.32.